The van der Waals surface area contributed by atoms with Crippen LogP contribution >= 0.6 is 11.5 Å². The molecule has 0 fully saturated rings. The van der Waals surface area contributed by atoms with Crippen molar-refractivity contribution in [3.05, 3.63) is 45.5 Å². The van der Waals surface area contributed by atoms with E-state index in [0.29, 0.717) is 12.1 Å². The Bertz CT molecular complexity index is 610. The molecule has 6 heteroatoms. The van der Waals surface area contributed by atoms with Crippen LogP contribution in [0, 0.1) is 18.6 Å². The Hall–Kier alpha value is -1.69. The van der Waals surface area contributed by atoms with Gasteiger partial charge in [0.2, 0.25) is 5.78 Å². The summed E-state index contributed by atoms with van der Waals surface area (Å²) in [5.41, 5.74) is 0.163. The Morgan fingerprint density at radius 2 is 2.11 bits per heavy atom. The van der Waals surface area contributed by atoms with Gasteiger partial charge in [-0.2, -0.15) is 0 Å². The molecule has 0 saturated carbocycles. The molecule has 0 radical (unpaired) electrons. The van der Waals surface area contributed by atoms with E-state index >= 15 is 0 Å². The van der Waals surface area contributed by atoms with Crippen LogP contribution in [0.3, 0.4) is 0 Å². The molecule has 1 aromatic carbocycles. The first-order chi connectivity index (χ1) is 8.56. The van der Waals surface area contributed by atoms with Gasteiger partial charge in [0, 0.05) is 0 Å². The van der Waals surface area contributed by atoms with Crippen molar-refractivity contribution >= 4 is 17.3 Å². The molecule has 0 N–H and O–H groups in total. The van der Waals surface area contributed by atoms with Crippen LogP contribution in [0.2, 0.25) is 0 Å². The SMILES string of the molecule is CCc1nnsc1C(=O)c1c(F)ccc(C)c1F. The van der Waals surface area contributed by atoms with Crippen LogP contribution in [-0.4, -0.2) is 15.4 Å². The van der Waals surface area contributed by atoms with E-state index in [9.17, 15) is 13.6 Å². The van der Waals surface area contributed by atoms with Gasteiger partial charge in [0.1, 0.15) is 16.5 Å². The van der Waals surface area contributed by atoms with Gasteiger partial charge in [-0.25, -0.2) is 8.78 Å². The number of benzene rings is 1. The van der Waals surface area contributed by atoms with Crippen molar-refractivity contribution in [2.75, 3.05) is 0 Å². The normalized spacial score (nSPS) is 10.7. The lowest BCUT2D eigenvalue weighted by atomic mass is 10.0. The second-order valence-electron chi connectivity index (χ2n) is 3.78. The van der Waals surface area contributed by atoms with Crippen LogP contribution in [-0.2, 0) is 6.42 Å². The topological polar surface area (TPSA) is 42.9 Å². The van der Waals surface area contributed by atoms with Gasteiger partial charge in [0.15, 0.2) is 0 Å². The molecule has 3 nitrogen and oxygen atoms in total. The highest BCUT2D eigenvalue weighted by atomic mass is 32.1. The Labute approximate surface area is 107 Å². The van der Waals surface area contributed by atoms with E-state index < -0.39 is 23.0 Å². The molecule has 0 spiro atoms. The first-order valence-electron chi connectivity index (χ1n) is 5.36. The van der Waals surface area contributed by atoms with Gasteiger partial charge >= 0.3 is 0 Å². The lowest BCUT2D eigenvalue weighted by molar-refractivity contribution is 0.103. The van der Waals surface area contributed by atoms with Crippen molar-refractivity contribution in [2.45, 2.75) is 20.3 Å². The Balaban J connectivity index is 2.56. The average molecular weight is 268 g/mol. The number of aryl methyl sites for hydroxylation is 2. The number of hydrogen-bond donors (Lipinski definition) is 0. The van der Waals surface area contributed by atoms with Gasteiger partial charge < -0.3 is 0 Å². The predicted octanol–water partition coefficient (Wildman–Crippen LogP) is 2.92. The third kappa shape index (κ3) is 2.03. The average Bonchev–Trinajstić information content (AvgIpc) is 2.82. The molecule has 0 aliphatic heterocycles. The number of aromatic nitrogens is 2. The molecular weight excluding hydrogens is 258 g/mol. The summed E-state index contributed by atoms with van der Waals surface area (Å²) in [6, 6.07) is 2.39. The highest BCUT2D eigenvalue weighted by molar-refractivity contribution is 7.08. The highest BCUT2D eigenvalue weighted by Crippen LogP contribution is 2.23. The maximum Gasteiger partial charge on any atom is 0.212 e. The molecule has 94 valence electrons. The maximum absolute atomic E-state index is 13.8. The predicted molar refractivity (Wildman–Crippen MR) is 63.8 cm³/mol. The molecule has 2 aromatic rings. The minimum absolute atomic E-state index is 0.195. The van der Waals surface area contributed by atoms with Crippen molar-refractivity contribution in [3.63, 3.8) is 0 Å². The zero-order chi connectivity index (χ0) is 13.3. The minimum Gasteiger partial charge on any atom is -0.287 e. The van der Waals surface area contributed by atoms with Gasteiger partial charge in [0.25, 0.3) is 0 Å². The van der Waals surface area contributed by atoms with Crippen LogP contribution in [0.25, 0.3) is 0 Å². The van der Waals surface area contributed by atoms with E-state index in [2.05, 4.69) is 9.59 Å². The van der Waals surface area contributed by atoms with E-state index in [1.807, 2.05) is 0 Å². The van der Waals surface area contributed by atoms with Crippen LogP contribution in [0.1, 0.15) is 33.4 Å². The number of halogens is 2. The van der Waals surface area contributed by atoms with E-state index in [0.717, 1.165) is 17.6 Å². The van der Waals surface area contributed by atoms with Gasteiger partial charge in [-0.3, -0.25) is 4.79 Å². The molecule has 1 aromatic heterocycles. The smallest absolute Gasteiger partial charge is 0.212 e. The molecular formula is C12H10F2N2OS. The molecule has 0 unspecified atom stereocenters. The molecule has 0 aliphatic rings. The summed E-state index contributed by atoms with van der Waals surface area (Å²) < 4.78 is 31.1. The zero-order valence-electron chi connectivity index (χ0n) is 9.83. The molecule has 2 rings (SSSR count). The lowest BCUT2D eigenvalue weighted by Crippen LogP contribution is -2.09. The maximum atomic E-state index is 13.8. The molecule has 18 heavy (non-hydrogen) atoms. The van der Waals surface area contributed by atoms with Crippen LogP contribution in [0.15, 0.2) is 12.1 Å². The van der Waals surface area contributed by atoms with Crippen molar-refractivity contribution in [1.82, 2.24) is 9.59 Å². The summed E-state index contributed by atoms with van der Waals surface area (Å²) in [5.74, 6) is -2.38. The summed E-state index contributed by atoms with van der Waals surface area (Å²) in [6.45, 7) is 3.29. The fourth-order valence-electron chi connectivity index (χ4n) is 1.59. The zero-order valence-corrected chi connectivity index (χ0v) is 10.6. The Morgan fingerprint density at radius 1 is 1.39 bits per heavy atom. The molecule has 0 bridgehead atoms. The number of hydrogen-bond acceptors (Lipinski definition) is 4. The minimum atomic E-state index is -0.862. The van der Waals surface area contributed by atoms with Crippen LogP contribution in [0.5, 0.6) is 0 Å². The number of carbonyl (C=O) groups is 1. The van der Waals surface area contributed by atoms with Crippen LogP contribution in [0.4, 0.5) is 8.78 Å². The quantitative estimate of drug-likeness (QED) is 0.804. The van der Waals surface area contributed by atoms with E-state index in [-0.39, 0.29) is 10.4 Å². The molecule has 0 saturated heterocycles. The fourth-order valence-corrected chi connectivity index (χ4v) is 2.29. The van der Waals surface area contributed by atoms with Gasteiger partial charge in [-0.05, 0) is 36.5 Å². The monoisotopic (exact) mass is 268 g/mol. The Kier molecular flexibility index (Phi) is 3.47. The van der Waals surface area contributed by atoms with Crippen molar-refractivity contribution in [2.24, 2.45) is 0 Å². The van der Waals surface area contributed by atoms with Crippen molar-refractivity contribution < 1.29 is 13.6 Å². The second-order valence-corrected chi connectivity index (χ2v) is 4.54. The fraction of sp³-hybridized carbons (Fsp3) is 0.250. The largest absolute Gasteiger partial charge is 0.287 e. The number of carbonyl (C=O) groups excluding carboxylic acids is 1. The summed E-state index contributed by atoms with van der Waals surface area (Å²) >= 11 is 0.856. The van der Waals surface area contributed by atoms with Gasteiger partial charge in [-0.1, -0.05) is 17.5 Å². The second kappa shape index (κ2) is 4.89. The van der Waals surface area contributed by atoms with Gasteiger partial charge in [-0.15, -0.1) is 5.10 Å². The molecule has 0 atom stereocenters. The summed E-state index contributed by atoms with van der Waals surface area (Å²) in [6.07, 6.45) is 0.493. The number of nitrogens with zero attached hydrogens (tertiary/aromatic N) is 2. The Morgan fingerprint density at radius 3 is 2.78 bits per heavy atom. The van der Waals surface area contributed by atoms with Crippen molar-refractivity contribution in [1.29, 1.82) is 0 Å². The lowest BCUT2D eigenvalue weighted by Gasteiger charge is -2.05. The third-order valence-electron chi connectivity index (χ3n) is 2.61. The highest BCUT2D eigenvalue weighted by Gasteiger charge is 2.24. The summed E-state index contributed by atoms with van der Waals surface area (Å²) in [7, 11) is 0. The first-order valence-corrected chi connectivity index (χ1v) is 6.14. The first kappa shape index (κ1) is 12.8. The molecule has 1 heterocycles. The molecule has 0 aliphatic carbocycles. The van der Waals surface area contributed by atoms with E-state index in [1.165, 1.54) is 13.0 Å². The van der Waals surface area contributed by atoms with Crippen molar-refractivity contribution in [3.8, 4) is 0 Å². The van der Waals surface area contributed by atoms with E-state index in [4.69, 9.17) is 0 Å². The van der Waals surface area contributed by atoms with E-state index in [1.54, 1.807) is 6.92 Å². The molecule has 0 amide bonds. The van der Waals surface area contributed by atoms with Crippen LogP contribution < -0.4 is 0 Å². The number of rotatable bonds is 3. The third-order valence-corrected chi connectivity index (χ3v) is 3.38. The standard InChI is InChI=1S/C12H10F2N2OS/c1-3-8-12(18-16-15-8)11(17)9-7(13)5-4-6(2)10(9)14/h4-5H,3H2,1-2H3. The summed E-state index contributed by atoms with van der Waals surface area (Å²) in [5, 5.41) is 3.77. The van der Waals surface area contributed by atoms with Gasteiger partial charge in [0.05, 0.1) is 11.3 Å². The number of ketones is 1. The summed E-state index contributed by atoms with van der Waals surface area (Å²) in [4.78, 5) is 12.3.